The van der Waals surface area contributed by atoms with Gasteiger partial charge in [0.25, 0.3) is 5.91 Å². The van der Waals surface area contributed by atoms with E-state index in [-0.39, 0.29) is 5.91 Å². The normalized spacial score (nSPS) is 16.9. The van der Waals surface area contributed by atoms with Crippen LogP contribution in [-0.4, -0.2) is 38.7 Å². The lowest BCUT2D eigenvalue weighted by Crippen LogP contribution is -2.39. The van der Waals surface area contributed by atoms with E-state index in [9.17, 15) is 4.79 Å². The molecule has 1 amide bonds. The summed E-state index contributed by atoms with van der Waals surface area (Å²) in [4.78, 5) is 20.3. The van der Waals surface area contributed by atoms with Crippen LogP contribution in [0.5, 0.6) is 0 Å². The summed E-state index contributed by atoms with van der Waals surface area (Å²) in [6.07, 6.45) is 2.07. The number of aryl methyl sites for hydroxylation is 1. The molecule has 0 saturated carbocycles. The molecule has 30 heavy (non-hydrogen) atoms. The summed E-state index contributed by atoms with van der Waals surface area (Å²) in [6.45, 7) is 5.41. The number of likely N-dealkylation sites (tertiary alicyclic amines) is 1. The first-order chi connectivity index (χ1) is 14.6. The van der Waals surface area contributed by atoms with Gasteiger partial charge < -0.3 is 4.90 Å². The van der Waals surface area contributed by atoms with E-state index in [2.05, 4.69) is 23.3 Å². The van der Waals surface area contributed by atoms with E-state index in [0.717, 1.165) is 52.5 Å². The van der Waals surface area contributed by atoms with Crippen LogP contribution in [0.1, 0.15) is 45.5 Å². The lowest BCUT2D eigenvalue weighted by Gasteiger charge is -2.32. The molecule has 0 radical (unpaired) electrons. The second-order valence-corrected chi connectivity index (χ2v) is 8.97. The number of amides is 1. The lowest BCUT2D eigenvalue weighted by molar-refractivity contribution is 0.0705. The number of thiazole rings is 1. The van der Waals surface area contributed by atoms with E-state index >= 15 is 0 Å². The van der Waals surface area contributed by atoms with Crippen molar-refractivity contribution in [2.75, 3.05) is 13.1 Å². The maximum Gasteiger partial charge on any atom is 0.257 e. The zero-order valence-corrected chi connectivity index (χ0v) is 18.0. The minimum absolute atomic E-state index is 0.0815. The topological polar surface area (TPSA) is 51.0 Å². The number of carbonyl (C=O) groups excluding carboxylic acids is 1. The Bertz CT molecular complexity index is 1180. The Labute approximate surface area is 180 Å². The quantitative estimate of drug-likeness (QED) is 0.466. The number of carbonyl (C=O) groups is 1. The Balaban J connectivity index is 1.42. The summed E-state index contributed by atoms with van der Waals surface area (Å²) in [5.41, 5.74) is 4.43. The van der Waals surface area contributed by atoms with Crippen molar-refractivity contribution in [3.63, 3.8) is 0 Å². The summed E-state index contributed by atoms with van der Waals surface area (Å²) in [6, 6.07) is 18.2. The number of hydrogen-bond acceptors (Lipinski definition) is 4. The molecule has 0 spiro atoms. The van der Waals surface area contributed by atoms with Crippen molar-refractivity contribution in [1.29, 1.82) is 0 Å². The highest BCUT2D eigenvalue weighted by atomic mass is 32.1. The number of hydrogen-bond donors (Lipinski definition) is 0. The first-order valence-electron chi connectivity index (χ1n) is 10.4. The van der Waals surface area contributed by atoms with Crippen LogP contribution in [0.25, 0.3) is 15.9 Å². The summed E-state index contributed by atoms with van der Waals surface area (Å²) in [5.74, 6) is 0.378. The number of aromatic nitrogens is 3. The summed E-state index contributed by atoms with van der Waals surface area (Å²) >= 11 is 1.76. The van der Waals surface area contributed by atoms with E-state index in [1.54, 1.807) is 11.3 Å². The zero-order valence-electron chi connectivity index (χ0n) is 17.2. The van der Waals surface area contributed by atoms with Gasteiger partial charge in [0.1, 0.15) is 0 Å². The SMILES string of the molecule is Cc1nn(-c2ccccc2)c(C)c1C(=O)N1CCCC(c2nc3ccccc3s2)C1. The Hall–Kier alpha value is -2.99. The minimum Gasteiger partial charge on any atom is -0.338 e. The predicted octanol–water partition coefficient (Wildman–Crippen LogP) is 5.12. The lowest BCUT2D eigenvalue weighted by atomic mass is 9.97. The molecule has 1 fully saturated rings. The smallest absolute Gasteiger partial charge is 0.257 e. The van der Waals surface area contributed by atoms with Crippen molar-refractivity contribution in [3.05, 3.63) is 76.6 Å². The van der Waals surface area contributed by atoms with Gasteiger partial charge in [0, 0.05) is 19.0 Å². The summed E-state index contributed by atoms with van der Waals surface area (Å²) in [7, 11) is 0. The third-order valence-corrected chi connectivity index (χ3v) is 7.07. The van der Waals surface area contributed by atoms with Gasteiger partial charge in [0.15, 0.2) is 0 Å². The van der Waals surface area contributed by atoms with Crippen LogP contribution in [-0.2, 0) is 0 Å². The maximum absolute atomic E-state index is 13.5. The van der Waals surface area contributed by atoms with Crippen molar-refractivity contribution < 1.29 is 4.79 Å². The Morgan fingerprint density at radius 1 is 1.07 bits per heavy atom. The second kappa shape index (κ2) is 7.69. The highest BCUT2D eigenvalue weighted by Crippen LogP contribution is 2.33. The fraction of sp³-hybridized carbons (Fsp3) is 0.292. The van der Waals surface area contributed by atoms with Crippen LogP contribution in [0.3, 0.4) is 0 Å². The number of fused-ring (bicyclic) bond motifs is 1. The first kappa shape index (κ1) is 19.0. The van der Waals surface area contributed by atoms with Gasteiger partial charge in [-0.05, 0) is 51.0 Å². The van der Waals surface area contributed by atoms with Crippen molar-refractivity contribution in [2.45, 2.75) is 32.6 Å². The number of para-hydroxylation sites is 2. The van der Waals surface area contributed by atoms with E-state index in [4.69, 9.17) is 4.98 Å². The molecular formula is C24H24N4OS. The number of rotatable bonds is 3. The molecule has 152 valence electrons. The molecule has 0 N–H and O–H groups in total. The average molecular weight is 417 g/mol. The summed E-state index contributed by atoms with van der Waals surface area (Å²) in [5, 5.41) is 5.80. The largest absolute Gasteiger partial charge is 0.338 e. The molecule has 0 bridgehead atoms. The highest BCUT2D eigenvalue weighted by Gasteiger charge is 2.30. The van der Waals surface area contributed by atoms with E-state index in [1.165, 1.54) is 4.70 Å². The molecule has 1 unspecified atom stereocenters. The zero-order chi connectivity index (χ0) is 20.7. The standard InChI is InChI=1S/C24H24N4OS/c1-16-22(17(2)28(26-16)19-10-4-3-5-11-19)24(29)27-14-8-9-18(15-27)23-25-20-12-6-7-13-21(20)30-23/h3-7,10-13,18H,8-9,14-15H2,1-2H3. The molecule has 1 aliphatic heterocycles. The second-order valence-electron chi connectivity index (χ2n) is 7.90. The van der Waals surface area contributed by atoms with Crippen LogP contribution in [0.15, 0.2) is 54.6 Å². The van der Waals surface area contributed by atoms with Gasteiger partial charge in [-0.15, -0.1) is 11.3 Å². The van der Waals surface area contributed by atoms with Crippen LogP contribution in [0.2, 0.25) is 0 Å². The van der Waals surface area contributed by atoms with Gasteiger partial charge in [-0.25, -0.2) is 9.67 Å². The van der Waals surface area contributed by atoms with Gasteiger partial charge in [-0.2, -0.15) is 5.10 Å². The van der Waals surface area contributed by atoms with Crippen molar-refractivity contribution in [1.82, 2.24) is 19.7 Å². The molecular weight excluding hydrogens is 392 g/mol. The van der Waals surface area contributed by atoms with Gasteiger partial charge in [0.2, 0.25) is 0 Å². The van der Waals surface area contributed by atoms with Gasteiger partial charge in [-0.3, -0.25) is 4.79 Å². The van der Waals surface area contributed by atoms with Gasteiger partial charge >= 0.3 is 0 Å². The molecule has 6 heteroatoms. The maximum atomic E-state index is 13.5. The first-order valence-corrected chi connectivity index (χ1v) is 11.2. The van der Waals surface area contributed by atoms with Crippen molar-refractivity contribution in [2.24, 2.45) is 0 Å². The predicted molar refractivity (Wildman–Crippen MR) is 121 cm³/mol. The fourth-order valence-corrected chi connectivity index (χ4v) is 5.45. The highest BCUT2D eigenvalue weighted by molar-refractivity contribution is 7.18. The van der Waals surface area contributed by atoms with Crippen molar-refractivity contribution in [3.8, 4) is 5.69 Å². The molecule has 5 nitrogen and oxygen atoms in total. The monoisotopic (exact) mass is 416 g/mol. The Kier molecular flexibility index (Phi) is 4.87. The number of benzene rings is 2. The molecule has 0 aliphatic carbocycles. The molecule has 2 aromatic carbocycles. The van der Waals surface area contributed by atoms with Crippen LogP contribution < -0.4 is 0 Å². The van der Waals surface area contributed by atoms with Crippen molar-refractivity contribution >= 4 is 27.5 Å². The molecule has 5 rings (SSSR count). The Morgan fingerprint density at radius 3 is 2.63 bits per heavy atom. The third-order valence-electron chi connectivity index (χ3n) is 5.87. The minimum atomic E-state index is 0.0815. The molecule has 1 aliphatic rings. The molecule has 2 aromatic heterocycles. The van der Waals surface area contributed by atoms with Crippen LogP contribution >= 0.6 is 11.3 Å². The molecule has 1 atom stereocenters. The number of nitrogens with zero attached hydrogens (tertiary/aromatic N) is 4. The molecule has 1 saturated heterocycles. The van der Waals surface area contributed by atoms with Crippen LogP contribution in [0.4, 0.5) is 0 Å². The number of piperidine rings is 1. The van der Waals surface area contributed by atoms with E-state index < -0.39 is 0 Å². The molecule has 4 aromatic rings. The average Bonchev–Trinajstić information content (AvgIpc) is 3.34. The van der Waals surface area contributed by atoms with E-state index in [1.807, 2.05) is 59.8 Å². The van der Waals surface area contributed by atoms with Crippen LogP contribution in [0, 0.1) is 13.8 Å². The summed E-state index contributed by atoms with van der Waals surface area (Å²) < 4.78 is 3.09. The fourth-order valence-electron chi connectivity index (χ4n) is 4.36. The Morgan fingerprint density at radius 2 is 1.83 bits per heavy atom. The van der Waals surface area contributed by atoms with E-state index in [0.29, 0.717) is 12.5 Å². The van der Waals surface area contributed by atoms with Gasteiger partial charge in [-0.1, -0.05) is 30.3 Å². The molecule has 3 heterocycles. The third kappa shape index (κ3) is 3.31. The van der Waals surface area contributed by atoms with Gasteiger partial charge in [0.05, 0.1) is 37.9 Å².